The standard InChI is InChI=1S/C15H29Cl3O2Si/c16-21(17,18)14-12-10-8-6-4-2-1-3-5-7-9-11-13-15(19)20/h1-14H2,(H,19,20). The molecule has 0 fully saturated rings. The maximum atomic E-state index is 10.3. The first-order chi connectivity index (χ1) is 9.92. The molecule has 0 aliphatic rings. The Kier molecular flexibility index (Phi) is 14.5. The van der Waals surface area contributed by atoms with Crippen molar-refractivity contribution in [2.24, 2.45) is 0 Å². The van der Waals surface area contributed by atoms with Crippen molar-refractivity contribution in [3.05, 3.63) is 0 Å². The van der Waals surface area contributed by atoms with E-state index in [1.807, 2.05) is 0 Å². The molecule has 1 N–H and O–H groups in total. The minimum atomic E-state index is -2.38. The molecule has 2 nitrogen and oxygen atoms in total. The molecule has 0 atom stereocenters. The van der Waals surface area contributed by atoms with Crippen LogP contribution in [0.5, 0.6) is 0 Å². The molecule has 0 aromatic heterocycles. The SMILES string of the molecule is O=C(O)CCCCCCCCCCCCCC[Si](Cl)(Cl)Cl. The largest absolute Gasteiger partial charge is 0.481 e. The Balaban J connectivity index is 3.04. The van der Waals surface area contributed by atoms with Crippen molar-refractivity contribution in [1.82, 2.24) is 0 Å². The van der Waals surface area contributed by atoms with Crippen LogP contribution in [0, 0.1) is 0 Å². The van der Waals surface area contributed by atoms with Crippen LogP contribution >= 0.6 is 33.2 Å². The van der Waals surface area contributed by atoms with Crippen LogP contribution in [0.3, 0.4) is 0 Å². The highest BCUT2D eigenvalue weighted by Crippen LogP contribution is 2.27. The molecule has 0 radical (unpaired) electrons. The van der Waals surface area contributed by atoms with Crippen LogP contribution in [0.1, 0.15) is 83.5 Å². The van der Waals surface area contributed by atoms with E-state index in [0.717, 1.165) is 25.3 Å². The van der Waals surface area contributed by atoms with Gasteiger partial charge in [-0.25, -0.2) is 0 Å². The van der Waals surface area contributed by atoms with Crippen LogP contribution in [0.15, 0.2) is 0 Å². The molecule has 0 aliphatic carbocycles. The maximum absolute atomic E-state index is 10.3. The first-order valence-electron chi connectivity index (χ1n) is 8.20. The lowest BCUT2D eigenvalue weighted by Crippen LogP contribution is -2.07. The van der Waals surface area contributed by atoms with E-state index in [2.05, 4.69) is 0 Å². The van der Waals surface area contributed by atoms with Crippen LogP contribution in [-0.4, -0.2) is 17.1 Å². The Morgan fingerprint density at radius 1 is 0.667 bits per heavy atom. The fraction of sp³-hybridized carbons (Fsp3) is 0.933. The third-order valence-corrected chi connectivity index (χ3v) is 6.22. The molecule has 0 amide bonds. The number of hydrogen-bond donors (Lipinski definition) is 1. The van der Waals surface area contributed by atoms with Gasteiger partial charge < -0.3 is 5.11 Å². The van der Waals surface area contributed by atoms with Gasteiger partial charge in [-0.1, -0.05) is 70.6 Å². The molecule has 0 aliphatic heterocycles. The number of halogens is 3. The van der Waals surface area contributed by atoms with Crippen LogP contribution in [-0.2, 0) is 4.79 Å². The molecule has 0 spiro atoms. The summed E-state index contributed by atoms with van der Waals surface area (Å²) in [7, 11) is 0. The zero-order valence-electron chi connectivity index (χ0n) is 12.9. The summed E-state index contributed by atoms with van der Waals surface area (Å²) in [5.74, 6) is -0.675. The van der Waals surface area contributed by atoms with Gasteiger partial charge in [-0.2, -0.15) is 0 Å². The summed E-state index contributed by atoms with van der Waals surface area (Å²) < 4.78 is 0. The number of aliphatic carboxylic acids is 1. The molecule has 21 heavy (non-hydrogen) atoms. The summed E-state index contributed by atoms with van der Waals surface area (Å²) in [4.78, 5) is 10.3. The monoisotopic (exact) mass is 374 g/mol. The van der Waals surface area contributed by atoms with Crippen molar-refractivity contribution in [3.63, 3.8) is 0 Å². The average Bonchev–Trinajstić information content (AvgIpc) is 2.37. The highest BCUT2D eigenvalue weighted by molar-refractivity contribution is 7.64. The summed E-state index contributed by atoms with van der Waals surface area (Å²) in [5.41, 5.74) is 0. The number of rotatable bonds is 15. The number of unbranched alkanes of at least 4 members (excludes halogenated alkanes) is 11. The predicted octanol–water partition coefficient (Wildman–Crippen LogP) is 6.80. The van der Waals surface area contributed by atoms with Crippen molar-refractivity contribution in [2.75, 3.05) is 0 Å². The summed E-state index contributed by atoms with van der Waals surface area (Å²) in [5, 5.41) is 8.51. The fourth-order valence-electron chi connectivity index (χ4n) is 2.37. The second-order valence-corrected chi connectivity index (χ2v) is 15.0. The molecular formula is C15H29Cl3O2Si. The first-order valence-corrected chi connectivity index (χ1v) is 13.4. The lowest BCUT2D eigenvalue weighted by Gasteiger charge is -2.06. The van der Waals surface area contributed by atoms with Crippen molar-refractivity contribution in [2.45, 2.75) is 89.5 Å². The molecule has 6 heteroatoms. The lowest BCUT2D eigenvalue weighted by atomic mass is 10.0. The van der Waals surface area contributed by atoms with Crippen LogP contribution in [0.4, 0.5) is 0 Å². The quantitative estimate of drug-likeness (QED) is 0.194. The Labute approximate surface area is 144 Å². The minimum absolute atomic E-state index is 0.320. The van der Waals surface area contributed by atoms with Gasteiger partial charge in [-0.3, -0.25) is 4.79 Å². The lowest BCUT2D eigenvalue weighted by molar-refractivity contribution is -0.137. The van der Waals surface area contributed by atoms with Gasteiger partial charge in [0.1, 0.15) is 0 Å². The van der Waals surface area contributed by atoms with Crippen LogP contribution in [0.25, 0.3) is 0 Å². The zero-order valence-corrected chi connectivity index (χ0v) is 16.2. The molecule has 0 bridgehead atoms. The van der Waals surface area contributed by atoms with Crippen LogP contribution < -0.4 is 0 Å². The van der Waals surface area contributed by atoms with E-state index in [9.17, 15) is 4.79 Å². The summed E-state index contributed by atoms with van der Waals surface area (Å²) >= 11 is 17.5. The van der Waals surface area contributed by atoms with Gasteiger partial charge >= 0.3 is 12.0 Å². The Morgan fingerprint density at radius 2 is 1.00 bits per heavy atom. The Bertz CT molecular complexity index is 258. The molecule has 0 saturated carbocycles. The molecule has 0 heterocycles. The molecule has 126 valence electrons. The predicted molar refractivity (Wildman–Crippen MR) is 95.8 cm³/mol. The molecule has 0 unspecified atom stereocenters. The van der Waals surface area contributed by atoms with Crippen LogP contribution in [0.2, 0.25) is 6.04 Å². The van der Waals surface area contributed by atoms with E-state index in [0.29, 0.717) is 6.42 Å². The van der Waals surface area contributed by atoms with Gasteiger partial charge in [0, 0.05) is 6.42 Å². The molecule has 0 rings (SSSR count). The zero-order chi connectivity index (χ0) is 16.0. The van der Waals surface area contributed by atoms with Crippen molar-refractivity contribution < 1.29 is 9.90 Å². The van der Waals surface area contributed by atoms with E-state index in [4.69, 9.17) is 38.3 Å². The number of carboxylic acids is 1. The summed E-state index contributed by atoms with van der Waals surface area (Å²) in [6.07, 6.45) is 14.6. The van der Waals surface area contributed by atoms with E-state index < -0.39 is 12.0 Å². The van der Waals surface area contributed by atoms with Gasteiger partial charge in [0.2, 0.25) is 0 Å². The highest BCUT2D eigenvalue weighted by Gasteiger charge is 2.23. The number of hydrogen-bond acceptors (Lipinski definition) is 1. The topological polar surface area (TPSA) is 37.3 Å². The van der Waals surface area contributed by atoms with Gasteiger partial charge in [-0.15, -0.1) is 33.2 Å². The first kappa shape index (κ1) is 21.6. The number of carboxylic acid groups (broad SMARTS) is 1. The van der Waals surface area contributed by atoms with Crippen molar-refractivity contribution in [3.8, 4) is 0 Å². The molecule has 0 aromatic rings. The summed E-state index contributed by atoms with van der Waals surface area (Å²) in [6, 6.07) is -1.59. The fourth-order valence-corrected chi connectivity index (χ4v) is 4.22. The summed E-state index contributed by atoms with van der Waals surface area (Å²) in [6.45, 7) is 0. The normalized spacial score (nSPS) is 11.8. The maximum Gasteiger partial charge on any atom is 0.341 e. The van der Waals surface area contributed by atoms with Crippen molar-refractivity contribution in [1.29, 1.82) is 0 Å². The van der Waals surface area contributed by atoms with Gasteiger partial charge in [0.25, 0.3) is 0 Å². The minimum Gasteiger partial charge on any atom is -0.481 e. The van der Waals surface area contributed by atoms with E-state index in [1.54, 1.807) is 0 Å². The Morgan fingerprint density at radius 3 is 1.33 bits per heavy atom. The number of carbonyl (C=O) groups is 1. The smallest absolute Gasteiger partial charge is 0.341 e. The third-order valence-electron chi connectivity index (χ3n) is 3.60. The van der Waals surface area contributed by atoms with Gasteiger partial charge in [-0.05, 0) is 12.5 Å². The third kappa shape index (κ3) is 20.6. The molecule has 0 aromatic carbocycles. The molecular weight excluding hydrogens is 347 g/mol. The second kappa shape index (κ2) is 14.2. The average molecular weight is 376 g/mol. The second-order valence-electron chi connectivity index (χ2n) is 5.75. The van der Waals surface area contributed by atoms with E-state index in [1.165, 1.54) is 57.8 Å². The highest BCUT2D eigenvalue weighted by atomic mass is 35.8. The Hall–Kier alpha value is 0.557. The van der Waals surface area contributed by atoms with Gasteiger partial charge in [0.15, 0.2) is 0 Å². The van der Waals surface area contributed by atoms with Gasteiger partial charge in [0.05, 0.1) is 0 Å². The van der Waals surface area contributed by atoms with Crippen molar-refractivity contribution >= 4 is 45.2 Å². The van der Waals surface area contributed by atoms with E-state index in [-0.39, 0.29) is 0 Å². The van der Waals surface area contributed by atoms with E-state index >= 15 is 0 Å². The molecule has 0 saturated heterocycles.